The van der Waals surface area contributed by atoms with Gasteiger partial charge in [0.15, 0.2) is 0 Å². The van der Waals surface area contributed by atoms with Crippen LogP contribution in [0.3, 0.4) is 0 Å². The van der Waals surface area contributed by atoms with Gasteiger partial charge in [-0.05, 0) is 44.0 Å². The Hall–Kier alpha value is -2.56. The fourth-order valence-electron chi connectivity index (χ4n) is 2.61. The Morgan fingerprint density at radius 1 is 1.05 bits per heavy atom. The summed E-state index contributed by atoms with van der Waals surface area (Å²) >= 11 is 0. The summed E-state index contributed by atoms with van der Waals surface area (Å²) in [6.07, 6.45) is 2.44. The van der Waals surface area contributed by atoms with E-state index in [4.69, 9.17) is 0 Å². The molecule has 0 aliphatic carbocycles. The SMILES string of the molecule is Cc1nc(N2CCCC2)ccc1NC(=O)Nc1ccccc1. The Labute approximate surface area is 130 Å². The Bertz CT molecular complexity index is 651. The molecule has 114 valence electrons. The molecular formula is C17H20N4O. The average molecular weight is 296 g/mol. The van der Waals surface area contributed by atoms with Crippen LogP contribution in [0.4, 0.5) is 22.0 Å². The normalized spacial score (nSPS) is 14.0. The smallest absolute Gasteiger partial charge is 0.323 e. The third-order valence-electron chi connectivity index (χ3n) is 3.78. The second kappa shape index (κ2) is 6.47. The first-order valence-electron chi connectivity index (χ1n) is 7.58. The van der Waals surface area contributed by atoms with Gasteiger partial charge in [-0.15, -0.1) is 0 Å². The number of carbonyl (C=O) groups excluding carboxylic acids is 1. The molecule has 2 aromatic rings. The zero-order valence-corrected chi connectivity index (χ0v) is 12.7. The molecule has 0 unspecified atom stereocenters. The van der Waals surface area contributed by atoms with Crippen molar-refractivity contribution in [3.05, 3.63) is 48.2 Å². The summed E-state index contributed by atoms with van der Waals surface area (Å²) in [5.74, 6) is 0.990. The highest BCUT2D eigenvalue weighted by atomic mass is 16.2. The van der Waals surface area contributed by atoms with E-state index < -0.39 is 0 Å². The number of amides is 2. The molecule has 2 heterocycles. The molecule has 3 rings (SSSR count). The fraction of sp³-hybridized carbons (Fsp3) is 0.294. The van der Waals surface area contributed by atoms with E-state index in [2.05, 4.69) is 20.5 Å². The van der Waals surface area contributed by atoms with E-state index in [1.54, 1.807) is 0 Å². The molecule has 1 aliphatic rings. The number of nitrogens with zero attached hydrogens (tertiary/aromatic N) is 2. The predicted octanol–water partition coefficient (Wildman–Crippen LogP) is 3.63. The van der Waals surface area contributed by atoms with E-state index in [1.807, 2.05) is 49.4 Å². The lowest BCUT2D eigenvalue weighted by Gasteiger charge is -2.18. The van der Waals surface area contributed by atoms with Crippen LogP contribution in [0.5, 0.6) is 0 Å². The quantitative estimate of drug-likeness (QED) is 0.909. The lowest BCUT2D eigenvalue weighted by atomic mass is 10.3. The first kappa shape index (κ1) is 14.4. The summed E-state index contributed by atoms with van der Waals surface area (Å²) in [5, 5.41) is 5.64. The minimum atomic E-state index is -0.259. The zero-order chi connectivity index (χ0) is 15.4. The van der Waals surface area contributed by atoms with Gasteiger partial charge >= 0.3 is 6.03 Å². The lowest BCUT2D eigenvalue weighted by Crippen LogP contribution is -2.22. The second-order valence-corrected chi connectivity index (χ2v) is 5.44. The predicted molar refractivity (Wildman–Crippen MR) is 89.5 cm³/mol. The van der Waals surface area contributed by atoms with E-state index in [1.165, 1.54) is 12.8 Å². The molecule has 5 heteroatoms. The molecule has 2 N–H and O–H groups in total. The highest BCUT2D eigenvalue weighted by Crippen LogP contribution is 2.22. The Morgan fingerprint density at radius 3 is 2.45 bits per heavy atom. The molecule has 1 saturated heterocycles. The van der Waals surface area contributed by atoms with Gasteiger partial charge in [0.05, 0.1) is 11.4 Å². The monoisotopic (exact) mass is 296 g/mol. The molecule has 0 atom stereocenters. The molecule has 1 aromatic heterocycles. The number of pyridine rings is 1. The maximum Gasteiger partial charge on any atom is 0.323 e. The van der Waals surface area contributed by atoms with Crippen LogP contribution >= 0.6 is 0 Å². The third-order valence-corrected chi connectivity index (χ3v) is 3.78. The van der Waals surface area contributed by atoms with Crippen LogP contribution in [-0.2, 0) is 0 Å². The second-order valence-electron chi connectivity index (χ2n) is 5.44. The zero-order valence-electron chi connectivity index (χ0n) is 12.7. The van der Waals surface area contributed by atoms with Crippen molar-refractivity contribution >= 4 is 23.2 Å². The van der Waals surface area contributed by atoms with E-state index >= 15 is 0 Å². The first-order valence-corrected chi connectivity index (χ1v) is 7.58. The number of urea groups is 1. The van der Waals surface area contributed by atoms with Crippen LogP contribution in [0.2, 0.25) is 0 Å². The molecule has 0 spiro atoms. The highest BCUT2D eigenvalue weighted by Gasteiger charge is 2.14. The molecule has 1 aromatic carbocycles. The van der Waals surface area contributed by atoms with Crippen molar-refractivity contribution in [1.29, 1.82) is 0 Å². The minimum absolute atomic E-state index is 0.259. The number of nitrogens with one attached hydrogen (secondary N) is 2. The lowest BCUT2D eigenvalue weighted by molar-refractivity contribution is 0.262. The van der Waals surface area contributed by atoms with Gasteiger partial charge in [0.2, 0.25) is 0 Å². The van der Waals surface area contributed by atoms with Crippen molar-refractivity contribution in [1.82, 2.24) is 4.98 Å². The molecule has 22 heavy (non-hydrogen) atoms. The summed E-state index contributed by atoms with van der Waals surface area (Å²) in [7, 11) is 0. The van der Waals surface area contributed by atoms with Gasteiger partial charge in [-0.2, -0.15) is 0 Å². The van der Waals surface area contributed by atoms with Gasteiger partial charge in [-0.25, -0.2) is 9.78 Å². The van der Waals surface area contributed by atoms with E-state index in [0.717, 1.165) is 36.0 Å². The van der Waals surface area contributed by atoms with Gasteiger partial charge < -0.3 is 15.5 Å². The molecule has 0 saturated carbocycles. The number of aryl methyl sites for hydroxylation is 1. The number of benzene rings is 1. The maximum absolute atomic E-state index is 12.0. The highest BCUT2D eigenvalue weighted by molar-refractivity contribution is 6.00. The van der Waals surface area contributed by atoms with Gasteiger partial charge in [0.25, 0.3) is 0 Å². The van der Waals surface area contributed by atoms with Gasteiger partial charge in [-0.3, -0.25) is 0 Å². The molecule has 1 aliphatic heterocycles. The van der Waals surface area contributed by atoms with Crippen LogP contribution < -0.4 is 15.5 Å². The van der Waals surface area contributed by atoms with Crippen molar-refractivity contribution in [2.45, 2.75) is 19.8 Å². The Kier molecular flexibility index (Phi) is 4.23. The molecule has 0 bridgehead atoms. The van der Waals surface area contributed by atoms with Crippen molar-refractivity contribution in [2.75, 3.05) is 28.6 Å². The fourth-order valence-corrected chi connectivity index (χ4v) is 2.61. The average Bonchev–Trinajstić information content (AvgIpc) is 3.04. The first-order chi connectivity index (χ1) is 10.7. The van der Waals surface area contributed by atoms with Gasteiger partial charge in [0.1, 0.15) is 5.82 Å². The number of aromatic nitrogens is 1. The van der Waals surface area contributed by atoms with E-state index in [-0.39, 0.29) is 6.03 Å². The number of hydrogen-bond donors (Lipinski definition) is 2. The molecule has 5 nitrogen and oxygen atoms in total. The standard InChI is InChI=1S/C17H20N4O/c1-13-15(9-10-16(18-13)21-11-5-6-12-21)20-17(22)19-14-7-3-2-4-8-14/h2-4,7-10H,5-6,11-12H2,1H3,(H2,19,20,22). The number of anilines is 3. The molecular weight excluding hydrogens is 276 g/mol. The van der Waals surface area contributed by atoms with Crippen LogP contribution in [0.1, 0.15) is 18.5 Å². The summed E-state index contributed by atoms with van der Waals surface area (Å²) in [6, 6.07) is 13.0. The number of hydrogen-bond acceptors (Lipinski definition) is 3. The molecule has 0 radical (unpaired) electrons. The number of carbonyl (C=O) groups is 1. The van der Waals surface area contributed by atoms with Crippen LogP contribution in [-0.4, -0.2) is 24.1 Å². The molecule has 1 fully saturated rings. The summed E-state index contributed by atoms with van der Waals surface area (Å²) < 4.78 is 0. The van der Waals surface area contributed by atoms with Gasteiger partial charge in [-0.1, -0.05) is 18.2 Å². The van der Waals surface area contributed by atoms with Crippen molar-refractivity contribution in [3.8, 4) is 0 Å². The van der Waals surface area contributed by atoms with Gasteiger partial charge in [0, 0.05) is 18.8 Å². The van der Waals surface area contributed by atoms with Crippen molar-refractivity contribution < 1.29 is 4.79 Å². The minimum Gasteiger partial charge on any atom is -0.357 e. The van der Waals surface area contributed by atoms with Crippen LogP contribution in [0, 0.1) is 6.92 Å². The summed E-state index contributed by atoms with van der Waals surface area (Å²) in [6.45, 7) is 4.04. The van der Waals surface area contributed by atoms with E-state index in [0.29, 0.717) is 0 Å². The van der Waals surface area contributed by atoms with Crippen molar-refractivity contribution in [3.63, 3.8) is 0 Å². The summed E-state index contributed by atoms with van der Waals surface area (Å²) in [5.41, 5.74) is 2.32. The largest absolute Gasteiger partial charge is 0.357 e. The topological polar surface area (TPSA) is 57.3 Å². The van der Waals surface area contributed by atoms with E-state index in [9.17, 15) is 4.79 Å². The number of rotatable bonds is 3. The Balaban J connectivity index is 1.66. The van der Waals surface area contributed by atoms with Crippen LogP contribution in [0.15, 0.2) is 42.5 Å². The molecule has 2 amide bonds. The third kappa shape index (κ3) is 3.36. The Morgan fingerprint density at radius 2 is 1.77 bits per heavy atom. The van der Waals surface area contributed by atoms with Crippen molar-refractivity contribution in [2.24, 2.45) is 0 Å². The summed E-state index contributed by atoms with van der Waals surface area (Å²) in [4.78, 5) is 18.9. The maximum atomic E-state index is 12.0. The number of para-hydroxylation sites is 1. The van der Waals surface area contributed by atoms with Crippen LogP contribution in [0.25, 0.3) is 0 Å².